The Morgan fingerprint density at radius 1 is 1.07 bits per heavy atom. The Bertz CT molecular complexity index is 238. The third-order valence-corrected chi connectivity index (χ3v) is 2.22. The van der Waals surface area contributed by atoms with Crippen LogP contribution in [-0.2, 0) is 0 Å². The minimum atomic E-state index is -0.189. The topological polar surface area (TPSA) is 123 Å². The molecule has 1 fully saturated rings. The molecule has 0 atom stereocenters. The zero-order valence-electron chi connectivity index (χ0n) is 8.06. The van der Waals surface area contributed by atoms with Crippen molar-refractivity contribution in [2.75, 3.05) is 0 Å². The van der Waals surface area contributed by atoms with Gasteiger partial charge >= 0.3 is 0 Å². The van der Waals surface area contributed by atoms with Crippen molar-refractivity contribution in [3.63, 3.8) is 0 Å². The summed E-state index contributed by atoms with van der Waals surface area (Å²) in [6.07, 6.45) is 3.02. The van der Waals surface area contributed by atoms with Gasteiger partial charge in [0.05, 0.1) is 12.1 Å². The number of aliphatic hydroxyl groups is 1. The maximum Gasteiger partial charge on any atom is 0.218 e. The van der Waals surface area contributed by atoms with Gasteiger partial charge in [-0.25, -0.2) is 4.99 Å². The van der Waals surface area contributed by atoms with E-state index in [1.54, 1.807) is 0 Å². The fourth-order valence-electron chi connectivity index (χ4n) is 1.54. The molecule has 0 spiro atoms. The second kappa shape index (κ2) is 4.80. The summed E-state index contributed by atoms with van der Waals surface area (Å²) in [6, 6.07) is 0.140. The van der Waals surface area contributed by atoms with Crippen molar-refractivity contribution in [3.8, 4) is 0 Å². The highest BCUT2D eigenvalue weighted by Crippen LogP contribution is 2.20. The van der Waals surface area contributed by atoms with Gasteiger partial charge < -0.3 is 22.3 Å². The number of hydrogen-bond acceptors (Lipinski definition) is 2. The van der Waals surface area contributed by atoms with E-state index in [9.17, 15) is 5.11 Å². The van der Waals surface area contributed by atoms with Crippen molar-refractivity contribution >= 4 is 11.9 Å². The molecule has 80 valence electrons. The predicted octanol–water partition coefficient (Wildman–Crippen LogP) is -1.12. The van der Waals surface area contributed by atoms with Crippen LogP contribution >= 0.6 is 0 Å². The molecule has 0 unspecified atom stereocenters. The number of nitrogens with zero attached hydrogens (tertiary/aromatic N) is 2. The molecular formula is C8H17N5O. The summed E-state index contributed by atoms with van der Waals surface area (Å²) in [7, 11) is 0. The number of aliphatic hydroxyl groups excluding tert-OH is 1. The maximum atomic E-state index is 9.26. The SMILES string of the molecule is NC(N)=NC(N)=NC1CCC(O)CC1. The first-order valence-electron chi connectivity index (χ1n) is 4.69. The molecule has 7 N–H and O–H groups in total. The van der Waals surface area contributed by atoms with E-state index in [0.29, 0.717) is 0 Å². The fraction of sp³-hybridized carbons (Fsp3) is 0.750. The average molecular weight is 199 g/mol. The van der Waals surface area contributed by atoms with E-state index in [0.717, 1.165) is 25.7 Å². The third kappa shape index (κ3) is 3.61. The number of aliphatic imine (C=N–C) groups is 2. The summed E-state index contributed by atoms with van der Waals surface area (Å²) in [5.41, 5.74) is 15.8. The molecule has 6 nitrogen and oxygen atoms in total. The smallest absolute Gasteiger partial charge is 0.218 e. The molecule has 14 heavy (non-hydrogen) atoms. The molecule has 1 saturated carbocycles. The Morgan fingerprint density at radius 2 is 1.64 bits per heavy atom. The van der Waals surface area contributed by atoms with Gasteiger partial charge in [0, 0.05) is 0 Å². The Hall–Kier alpha value is -1.30. The first kappa shape index (κ1) is 10.8. The molecule has 0 bridgehead atoms. The first-order valence-corrected chi connectivity index (χ1v) is 4.69. The highest BCUT2D eigenvalue weighted by atomic mass is 16.3. The van der Waals surface area contributed by atoms with E-state index in [1.807, 2.05) is 0 Å². The van der Waals surface area contributed by atoms with E-state index in [-0.39, 0.29) is 24.1 Å². The van der Waals surface area contributed by atoms with Gasteiger partial charge in [0.2, 0.25) is 5.96 Å². The molecule has 1 rings (SSSR count). The quantitative estimate of drug-likeness (QED) is 0.315. The van der Waals surface area contributed by atoms with Crippen LogP contribution < -0.4 is 17.2 Å². The van der Waals surface area contributed by atoms with Crippen LogP contribution in [0.15, 0.2) is 9.98 Å². The lowest BCUT2D eigenvalue weighted by atomic mass is 9.94. The predicted molar refractivity (Wildman–Crippen MR) is 55.7 cm³/mol. The largest absolute Gasteiger partial charge is 0.393 e. The van der Waals surface area contributed by atoms with Crippen molar-refractivity contribution in [1.82, 2.24) is 0 Å². The lowest BCUT2D eigenvalue weighted by Crippen LogP contribution is -2.28. The van der Waals surface area contributed by atoms with Crippen LogP contribution in [0.1, 0.15) is 25.7 Å². The van der Waals surface area contributed by atoms with Crippen molar-refractivity contribution in [2.45, 2.75) is 37.8 Å². The molecule has 0 amide bonds. The van der Waals surface area contributed by atoms with Crippen LogP contribution in [0.3, 0.4) is 0 Å². The Morgan fingerprint density at radius 3 is 2.14 bits per heavy atom. The van der Waals surface area contributed by atoms with Crippen molar-refractivity contribution in [3.05, 3.63) is 0 Å². The summed E-state index contributed by atoms with van der Waals surface area (Å²) >= 11 is 0. The zero-order chi connectivity index (χ0) is 10.6. The molecule has 6 heteroatoms. The monoisotopic (exact) mass is 199 g/mol. The van der Waals surface area contributed by atoms with Crippen LogP contribution in [0.4, 0.5) is 0 Å². The fourth-order valence-corrected chi connectivity index (χ4v) is 1.54. The van der Waals surface area contributed by atoms with E-state index >= 15 is 0 Å². The highest BCUT2D eigenvalue weighted by molar-refractivity contribution is 5.92. The van der Waals surface area contributed by atoms with Crippen LogP contribution in [-0.4, -0.2) is 29.2 Å². The molecule has 0 aromatic rings. The van der Waals surface area contributed by atoms with Gasteiger partial charge in [-0.2, -0.15) is 4.99 Å². The second-order valence-corrected chi connectivity index (χ2v) is 3.49. The Balaban J connectivity index is 2.47. The number of guanidine groups is 2. The summed E-state index contributed by atoms with van der Waals surface area (Å²) in [5, 5.41) is 9.26. The molecule has 0 saturated heterocycles. The van der Waals surface area contributed by atoms with Crippen molar-refractivity contribution in [1.29, 1.82) is 0 Å². The summed E-state index contributed by atoms with van der Waals surface area (Å²) < 4.78 is 0. The lowest BCUT2D eigenvalue weighted by molar-refractivity contribution is 0.123. The van der Waals surface area contributed by atoms with E-state index in [4.69, 9.17) is 17.2 Å². The van der Waals surface area contributed by atoms with Gasteiger partial charge in [0.25, 0.3) is 0 Å². The maximum absolute atomic E-state index is 9.26. The molecule has 0 aliphatic heterocycles. The van der Waals surface area contributed by atoms with Crippen LogP contribution in [0, 0.1) is 0 Å². The van der Waals surface area contributed by atoms with Gasteiger partial charge in [0.15, 0.2) is 5.96 Å². The lowest BCUT2D eigenvalue weighted by Gasteiger charge is -2.22. The zero-order valence-corrected chi connectivity index (χ0v) is 8.06. The van der Waals surface area contributed by atoms with Crippen LogP contribution in [0.25, 0.3) is 0 Å². The van der Waals surface area contributed by atoms with Crippen molar-refractivity contribution < 1.29 is 5.11 Å². The number of nitrogens with two attached hydrogens (primary N) is 3. The van der Waals surface area contributed by atoms with Crippen LogP contribution in [0.5, 0.6) is 0 Å². The molecule has 0 radical (unpaired) electrons. The molecule has 0 aromatic heterocycles. The minimum absolute atomic E-state index is 0.0814. The van der Waals surface area contributed by atoms with Gasteiger partial charge in [-0.1, -0.05) is 0 Å². The highest BCUT2D eigenvalue weighted by Gasteiger charge is 2.18. The molecular weight excluding hydrogens is 182 g/mol. The minimum Gasteiger partial charge on any atom is -0.393 e. The van der Waals surface area contributed by atoms with Gasteiger partial charge in [-0.15, -0.1) is 0 Å². The first-order chi connectivity index (χ1) is 6.58. The average Bonchev–Trinajstić information content (AvgIpc) is 2.07. The normalized spacial score (nSPS) is 28.5. The molecule has 0 heterocycles. The van der Waals surface area contributed by atoms with E-state index in [1.165, 1.54) is 0 Å². The molecule has 0 aromatic carbocycles. The van der Waals surface area contributed by atoms with Gasteiger partial charge in [-0.3, -0.25) is 0 Å². The standard InChI is InChI=1S/C8H17N5O/c9-7(10)13-8(11)12-5-1-3-6(14)4-2-5/h5-6,14H,1-4H2,(H6,9,10,11,12,13). The van der Waals surface area contributed by atoms with Crippen molar-refractivity contribution in [2.24, 2.45) is 27.2 Å². The Labute approximate surface area is 82.9 Å². The molecule has 1 aliphatic carbocycles. The number of hydrogen-bond donors (Lipinski definition) is 4. The summed E-state index contributed by atoms with van der Waals surface area (Å²) in [6.45, 7) is 0. The van der Waals surface area contributed by atoms with Crippen LogP contribution in [0.2, 0.25) is 0 Å². The van der Waals surface area contributed by atoms with Gasteiger partial charge in [-0.05, 0) is 25.7 Å². The molecule has 1 aliphatic rings. The van der Waals surface area contributed by atoms with E-state index in [2.05, 4.69) is 9.98 Å². The third-order valence-electron chi connectivity index (χ3n) is 2.22. The number of rotatable bonds is 1. The second-order valence-electron chi connectivity index (χ2n) is 3.49. The van der Waals surface area contributed by atoms with Gasteiger partial charge in [0.1, 0.15) is 0 Å². The summed E-state index contributed by atoms with van der Waals surface area (Å²) in [5.74, 6) is 0.0356. The van der Waals surface area contributed by atoms with E-state index < -0.39 is 0 Å². The summed E-state index contributed by atoms with van der Waals surface area (Å²) in [4.78, 5) is 7.77. The Kier molecular flexibility index (Phi) is 3.70.